The fraction of sp³-hybridized carbons (Fsp3) is 0.300. The molecule has 3 aromatic rings. The lowest BCUT2D eigenvalue weighted by Crippen LogP contribution is -2.32. The Labute approximate surface area is 166 Å². The third-order valence-electron chi connectivity index (χ3n) is 4.95. The number of ether oxygens (including phenoxy) is 3. The van der Waals surface area contributed by atoms with Crippen LogP contribution in [0.1, 0.15) is 17.4 Å². The van der Waals surface area contributed by atoms with Gasteiger partial charge in [0.25, 0.3) is 5.56 Å². The second-order valence-corrected chi connectivity index (χ2v) is 6.74. The van der Waals surface area contributed by atoms with Crippen molar-refractivity contribution in [1.29, 1.82) is 0 Å². The normalized spacial score (nSPS) is 17.6. The zero-order valence-corrected chi connectivity index (χ0v) is 15.6. The van der Waals surface area contributed by atoms with E-state index in [2.05, 4.69) is 15.3 Å². The van der Waals surface area contributed by atoms with Crippen molar-refractivity contribution in [2.75, 3.05) is 20.0 Å². The van der Waals surface area contributed by atoms with Crippen LogP contribution < -0.4 is 20.3 Å². The van der Waals surface area contributed by atoms with Crippen LogP contribution in [-0.2, 0) is 17.8 Å². The van der Waals surface area contributed by atoms with Gasteiger partial charge in [-0.25, -0.2) is 15.0 Å². The van der Waals surface area contributed by atoms with E-state index in [0.29, 0.717) is 43.5 Å². The maximum absolute atomic E-state index is 12.7. The number of fused-ring (bicyclic) bond motifs is 2. The molecule has 0 aliphatic carbocycles. The van der Waals surface area contributed by atoms with Crippen LogP contribution >= 0.6 is 0 Å². The predicted molar refractivity (Wildman–Crippen MR) is 102 cm³/mol. The number of rotatable bonds is 4. The Bertz CT molecular complexity index is 1090. The second-order valence-electron chi connectivity index (χ2n) is 6.74. The molecule has 148 valence electrons. The molecule has 5 rings (SSSR count). The lowest BCUT2D eigenvalue weighted by molar-refractivity contribution is 0.117. The molecule has 1 N–H and O–H groups in total. The first-order valence-corrected chi connectivity index (χ1v) is 9.36. The molecule has 2 aromatic heterocycles. The Morgan fingerprint density at radius 3 is 3.07 bits per heavy atom. The highest BCUT2D eigenvalue weighted by Crippen LogP contribution is 2.35. The van der Waals surface area contributed by atoms with Crippen molar-refractivity contribution in [3.63, 3.8) is 0 Å². The van der Waals surface area contributed by atoms with Crippen LogP contribution in [0.3, 0.4) is 0 Å². The topological polar surface area (TPSA) is 100 Å². The lowest BCUT2D eigenvalue weighted by Gasteiger charge is -2.19. The monoisotopic (exact) mass is 393 g/mol. The highest BCUT2D eigenvalue weighted by atomic mass is 16.7. The molecule has 0 saturated carbocycles. The Balaban J connectivity index is 1.47. The first-order valence-electron chi connectivity index (χ1n) is 9.36. The summed E-state index contributed by atoms with van der Waals surface area (Å²) in [7, 11) is 0. The largest absolute Gasteiger partial charge is 0.454 e. The summed E-state index contributed by atoms with van der Waals surface area (Å²) in [4.78, 5) is 25.6. The van der Waals surface area contributed by atoms with Crippen LogP contribution in [-0.4, -0.2) is 39.5 Å². The molecule has 9 nitrogen and oxygen atoms in total. The fourth-order valence-electron chi connectivity index (χ4n) is 3.53. The molecule has 2 aliphatic rings. The van der Waals surface area contributed by atoms with Gasteiger partial charge in [-0.1, -0.05) is 12.1 Å². The van der Waals surface area contributed by atoms with Gasteiger partial charge in [-0.15, -0.1) is 0 Å². The number of nitrogens with zero attached hydrogens (tertiary/aromatic N) is 4. The summed E-state index contributed by atoms with van der Waals surface area (Å²) in [6.45, 7) is 2.07. The number of aromatic nitrogens is 4. The summed E-state index contributed by atoms with van der Waals surface area (Å²) in [6.07, 6.45) is 3.07. The SMILES string of the molecule is O=c1cc(-c2ccncn2)nc2n1CCOCC2NCc1cccc2c1OCO2. The summed E-state index contributed by atoms with van der Waals surface area (Å²) in [6, 6.07) is 8.77. The van der Waals surface area contributed by atoms with Crippen LogP contribution in [0.15, 0.2) is 47.7 Å². The summed E-state index contributed by atoms with van der Waals surface area (Å²) >= 11 is 0. The predicted octanol–water partition coefficient (Wildman–Crippen LogP) is 1.29. The third-order valence-corrected chi connectivity index (χ3v) is 4.95. The highest BCUT2D eigenvalue weighted by molar-refractivity contribution is 5.52. The van der Waals surface area contributed by atoms with E-state index < -0.39 is 0 Å². The quantitative estimate of drug-likeness (QED) is 0.708. The average molecular weight is 393 g/mol. The van der Waals surface area contributed by atoms with Gasteiger partial charge in [0.2, 0.25) is 6.79 Å². The van der Waals surface area contributed by atoms with E-state index in [1.54, 1.807) is 16.8 Å². The average Bonchev–Trinajstić information content (AvgIpc) is 3.14. The standard InChI is InChI=1S/C20H19N5O4/c26-18-8-15(14-4-5-21-11-23-14)24-20-16(10-27-7-6-25(18)20)22-9-13-2-1-3-17-19(13)29-12-28-17/h1-5,8,11,16,22H,6-7,9-10,12H2. The maximum Gasteiger partial charge on any atom is 0.254 e. The van der Waals surface area contributed by atoms with Gasteiger partial charge in [0.15, 0.2) is 11.5 Å². The van der Waals surface area contributed by atoms with Crippen LogP contribution in [0.5, 0.6) is 11.5 Å². The van der Waals surface area contributed by atoms with Crippen molar-refractivity contribution < 1.29 is 14.2 Å². The van der Waals surface area contributed by atoms with E-state index in [0.717, 1.165) is 17.1 Å². The van der Waals surface area contributed by atoms with Crippen molar-refractivity contribution in [2.24, 2.45) is 0 Å². The molecule has 0 amide bonds. The van der Waals surface area contributed by atoms with Crippen molar-refractivity contribution in [3.05, 3.63) is 64.6 Å². The van der Waals surface area contributed by atoms with Gasteiger partial charge in [0, 0.05) is 24.4 Å². The van der Waals surface area contributed by atoms with Gasteiger partial charge in [0.1, 0.15) is 12.2 Å². The molecule has 0 fully saturated rings. The molecule has 9 heteroatoms. The third kappa shape index (κ3) is 3.45. The molecule has 1 aromatic carbocycles. The lowest BCUT2D eigenvalue weighted by atomic mass is 10.1. The number of para-hydroxylation sites is 1. The minimum absolute atomic E-state index is 0.127. The molecule has 1 atom stereocenters. The zero-order valence-electron chi connectivity index (χ0n) is 15.6. The first-order chi connectivity index (χ1) is 14.3. The number of nitrogens with one attached hydrogen (secondary N) is 1. The Morgan fingerprint density at radius 1 is 1.21 bits per heavy atom. The van der Waals surface area contributed by atoms with Gasteiger partial charge in [-0.2, -0.15) is 0 Å². The van der Waals surface area contributed by atoms with E-state index in [-0.39, 0.29) is 18.4 Å². The molecular formula is C20H19N5O4. The Morgan fingerprint density at radius 2 is 2.17 bits per heavy atom. The van der Waals surface area contributed by atoms with Crippen LogP contribution in [0.25, 0.3) is 11.4 Å². The second kappa shape index (κ2) is 7.61. The molecule has 29 heavy (non-hydrogen) atoms. The summed E-state index contributed by atoms with van der Waals surface area (Å²) in [5, 5.41) is 3.45. The van der Waals surface area contributed by atoms with Gasteiger partial charge >= 0.3 is 0 Å². The van der Waals surface area contributed by atoms with Crippen molar-refractivity contribution in [1.82, 2.24) is 24.8 Å². The van der Waals surface area contributed by atoms with Gasteiger partial charge in [-0.05, 0) is 12.1 Å². The summed E-state index contributed by atoms with van der Waals surface area (Å²) in [5.74, 6) is 2.12. The molecule has 4 heterocycles. The molecule has 0 spiro atoms. The van der Waals surface area contributed by atoms with Gasteiger partial charge in [0.05, 0.1) is 37.2 Å². The summed E-state index contributed by atoms with van der Waals surface area (Å²) < 4.78 is 18.4. The molecule has 0 radical (unpaired) electrons. The number of hydrogen-bond donors (Lipinski definition) is 1. The van der Waals surface area contributed by atoms with Crippen LogP contribution in [0.2, 0.25) is 0 Å². The van der Waals surface area contributed by atoms with Crippen molar-refractivity contribution in [2.45, 2.75) is 19.1 Å². The van der Waals surface area contributed by atoms with E-state index in [1.807, 2.05) is 18.2 Å². The fourth-order valence-corrected chi connectivity index (χ4v) is 3.53. The highest BCUT2D eigenvalue weighted by Gasteiger charge is 2.24. The number of benzene rings is 1. The van der Waals surface area contributed by atoms with E-state index in [1.165, 1.54) is 12.4 Å². The van der Waals surface area contributed by atoms with E-state index in [4.69, 9.17) is 19.2 Å². The van der Waals surface area contributed by atoms with Gasteiger partial charge in [-0.3, -0.25) is 9.36 Å². The molecule has 0 bridgehead atoms. The smallest absolute Gasteiger partial charge is 0.254 e. The zero-order chi connectivity index (χ0) is 19.6. The first kappa shape index (κ1) is 17.8. The Hall–Kier alpha value is -3.30. The maximum atomic E-state index is 12.7. The molecular weight excluding hydrogens is 374 g/mol. The minimum Gasteiger partial charge on any atom is -0.454 e. The van der Waals surface area contributed by atoms with E-state index >= 15 is 0 Å². The Kier molecular flexibility index (Phi) is 4.66. The van der Waals surface area contributed by atoms with Crippen LogP contribution in [0, 0.1) is 0 Å². The van der Waals surface area contributed by atoms with Crippen molar-refractivity contribution in [3.8, 4) is 22.9 Å². The molecule has 1 unspecified atom stereocenters. The van der Waals surface area contributed by atoms with Crippen molar-refractivity contribution >= 4 is 0 Å². The van der Waals surface area contributed by atoms with Gasteiger partial charge < -0.3 is 19.5 Å². The van der Waals surface area contributed by atoms with E-state index in [9.17, 15) is 4.79 Å². The molecule has 0 saturated heterocycles. The summed E-state index contributed by atoms with van der Waals surface area (Å²) in [5.41, 5.74) is 1.98. The number of hydrogen-bond acceptors (Lipinski definition) is 8. The van der Waals surface area contributed by atoms with Crippen LogP contribution in [0.4, 0.5) is 0 Å². The molecule has 2 aliphatic heterocycles. The minimum atomic E-state index is -0.259.